The van der Waals surface area contributed by atoms with Crippen LogP contribution in [-0.2, 0) is 6.42 Å². The van der Waals surface area contributed by atoms with E-state index in [4.69, 9.17) is 9.84 Å². The number of hydrogen-bond acceptors (Lipinski definition) is 3. The number of benzene rings is 1. The zero-order valence-electron chi connectivity index (χ0n) is 11.0. The van der Waals surface area contributed by atoms with E-state index in [1.165, 1.54) is 0 Å². The van der Waals surface area contributed by atoms with E-state index in [0.29, 0.717) is 6.42 Å². The van der Waals surface area contributed by atoms with Crippen LogP contribution in [0, 0.1) is 19.0 Å². The predicted octanol–water partition coefficient (Wildman–Crippen LogP) is 2.94. The van der Waals surface area contributed by atoms with Crippen molar-refractivity contribution in [2.45, 2.75) is 13.3 Å². The van der Waals surface area contributed by atoms with Crippen molar-refractivity contribution < 1.29 is 9.84 Å². The molecule has 0 saturated carbocycles. The van der Waals surface area contributed by atoms with Crippen LogP contribution in [0.25, 0.3) is 11.1 Å². The summed E-state index contributed by atoms with van der Waals surface area (Å²) in [5, 5.41) is 8.48. The summed E-state index contributed by atoms with van der Waals surface area (Å²) in [6.07, 6.45) is 4.19. The van der Waals surface area contributed by atoms with E-state index >= 15 is 0 Å². The summed E-state index contributed by atoms with van der Waals surface area (Å²) < 4.78 is 5.14. The van der Waals surface area contributed by atoms with E-state index < -0.39 is 0 Å². The Balaban J connectivity index is 2.30. The van der Waals surface area contributed by atoms with Crippen molar-refractivity contribution in [1.29, 1.82) is 0 Å². The number of aryl methyl sites for hydroxylation is 1. The number of pyridine rings is 1. The lowest BCUT2D eigenvalue weighted by Crippen LogP contribution is -1.92. The summed E-state index contributed by atoms with van der Waals surface area (Å²) in [7, 11) is 1.65. The molecule has 1 heterocycles. The average molecular weight is 253 g/mol. The fourth-order valence-corrected chi connectivity index (χ4v) is 1.91. The highest BCUT2D eigenvalue weighted by Gasteiger charge is 2.04. The van der Waals surface area contributed by atoms with E-state index in [-0.39, 0.29) is 0 Å². The van der Waals surface area contributed by atoms with Gasteiger partial charge in [0.2, 0.25) is 0 Å². The van der Waals surface area contributed by atoms with E-state index in [1.807, 2.05) is 49.6 Å². The average Bonchev–Trinajstić information content (AvgIpc) is 2.45. The molecule has 0 spiro atoms. The van der Waals surface area contributed by atoms with Crippen molar-refractivity contribution in [3.05, 3.63) is 47.8 Å². The first-order valence-corrected chi connectivity index (χ1v) is 5.96. The zero-order chi connectivity index (χ0) is 13.7. The quantitative estimate of drug-likeness (QED) is 0.855. The molecular formula is C16H15NO2. The van der Waals surface area contributed by atoms with Gasteiger partial charge in [0, 0.05) is 11.8 Å². The Morgan fingerprint density at radius 3 is 2.58 bits per heavy atom. The molecule has 1 aromatic carbocycles. The molecule has 0 saturated heterocycles. The van der Waals surface area contributed by atoms with Gasteiger partial charge >= 0.3 is 0 Å². The third-order valence-electron chi connectivity index (χ3n) is 2.92. The number of rotatable bonds is 3. The molecule has 2 rings (SSSR count). The second-order valence-electron chi connectivity index (χ2n) is 4.18. The minimum absolute atomic E-state index is 0.459. The first kappa shape index (κ1) is 13.0. The smallest absolute Gasteiger partial charge is 0.118 e. The van der Waals surface area contributed by atoms with Crippen molar-refractivity contribution in [2.75, 3.05) is 7.11 Å². The van der Waals surface area contributed by atoms with Crippen molar-refractivity contribution in [1.82, 2.24) is 4.98 Å². The summed E-state index contributed by atoms with van der Waals surface area (Å²) in [5.74, 6) is 3.43. The van der Waals surface area contributed by atoms with Crippen LogP contribution < -0.4 is 4.74 Å². The van der Waals surface area contributed by atoms with Crippen LogP contribution in [-0.4, -0.2) is 17.2 Å². The lowest BCUT2D eigenvalue weighted by Gasteiger charge is -2.08. The van der Waals surface area contributed by atoms with E-state index in [0.717, 1.165) is 28.1 Å². The molecule has 0 aliphatic heterocycles. The zero-order valence-corrected chi connectivity index (χ0v) is 11.0. The van der Waals surface area contributed by atoms with Gasteiger partial charge in [-0.3, -0.25) is 4.98 Å². The van der Waals surface area contributed by atoms with Gasteiger partial charge in [0.25, 0.3) is 0 Å². The first-order chi connectivity index (χ1) is 9.24. The second-order valence-corrected chi connectivity index (χ2v) is 4.18. The van der Waals surface area contributed by atoms with Crippen molar-refractivity contribution in [3.63, 3.8) is 0 Å². The summed E-state index contributed by atoms with van der Waals surface area (Å²) >= 11 is 0. The standard InChI is InChI=1S/C16H15NO2/c1-12-10-14(4-3-9-18)17-11-16(12)13-5-7-15(19-2)8-6-13/h5-8,10-11,18H,4H2,1-2H3. The topological polar surface area (TPSA) is 42.4 Å². The van der Waals surface area contributed by atoms with Crippen molar-refractivity contribution >= 4 is 0 Å². The van der Waals surface area contributed by atoms with Gasteiger partial charge in [-0.15, -0.1) is 0 Å². The fraction of sp³-hybridized carbons (Fsp3) is 0.188. The van der Waals surface area contributed by atoms with Gasteiger partial charge in [-0.1, -0.05) is 18.1 Å². The molecule has 0 amide bonds. The number of ether oxygens (including phenoxy) is 1. The second kappa shape index (κ2) is 5.92. The maximum Gasteiger partial charge on any atom is 0.118 e. The molecule has 19 heavy (non-hydrogen) atoms. The van der Waals surface area contributed by atoms with Crippen molar-refractivity contribution in [3.8, 4) is 28.9 Å². The Morgan fingerprint density at radius 2 is 2.00 bits per heavy atom. The summed E-state index contributed by atoms with van der Waals surface area (Å²) in [5.41, 5.74) is 4.18. The summed E-state index contributed by atoms with van der Waals surface area (Å²) in [6.45, 7) is 2.04. The molecule has 0 radical (unpaired) electrons. The molecule has 1 N–H and O–H groups in total. The number of aromatic nitrogens is 1. The van der Waals surface area contributed by atoms with Crippen LogP contribution in [0.15, 0.2) is 36.5 Å². The number of aliphatic hydroxyl groups is 1. The molecular weight excluding hydrogens is 238 g/mol. The third kappa shape index (κ3) is 3.05. The van der Waals surface area contributed by atoms with Crippen LogP contribution in [0.3, 0.4) is 0 Å². The normalized spacial score (nSPS) is 9.58. The lowest BCUT2D eigenvalue weighted by atomic mass is 10.0. The largest absolute Gasteiger partial charge is 0.497 e. The molecule has 3 heteroatoms. The van der Waals surface area contributed by atoms with Gasteiger partial charge in [-0.25, -0.2) is 0 Å². The van der Waals surface area contributed by atoms with Crippen molar-refractivity contribution in [2.24, 2.45) is 0 Å². The van der Waals surface area contributed by atoms with Gasteiger partial charge in [-0.2, -0.15) is 0 Å². The lowest BCUT2D eigenvalue weighted by molar-refractivity contribution is 0.415. The monoisotopic (exact) mass is 253 g/mol. The Morgan fingerprint density at radius 1 is 1.26 bits per heavy atom. The van der Waals surface area contributed by atoms with Gasteiger partial charge in [0.1, 0.15) is 11.9 Å². The minimum atomic E-state index is 0.459. The number of hydrogen-bond donors (Lipinski definition) is 1. The molecule has 2 aromatic rings. The maximum absolute atomic E-state index is 8.48. The molecule has 3 nitrogen and oxygen atoms in total. The molecule has 0 bridgehead atoms. The highest BCUT2D eigenvalue weighted by atomic mass is 16.5. The van der Waals surface area contributed by atoms with Crippen LogP contribution >= 0.6 is 0 Å². The van der Waals surface area contributed by atoms with Gasteiger partial charge in [0.05, 0.1) is 19.2 Å². The van der Waals surface area contributed by atoms with E-state index in [1.54, 1.807) is 7.11 Å². The molecule has 0 aliphatic rings. The molecule has 96 valence electrons. The maximum atomic E-state index is 8.48. The van der Waals surface area contributed by atoms with E-state index in [9.17, 15) is 0 Å². The van der Waals surface area contributed by atoms with Crippen LogP contribution in [0.4, 0.5) is 0 Å². The highest BCUT2D eigenvalue weighted by molar-refractivity contribution is 5.67. The van der Waals surface area contributed by atoms with Gasteiger partial charge in [-0.05, 0) is 36.2 Å². The summed E-state index contributed by atoms with van der Waals surface area (Å²) in [4.78, 5) is 4.35. The van der Waals surface area contributed by atoms with Crippen LogP contribution in [0.1, 0.15) is 11.3 Å². The Hall–Kier alpha value is -2.47. The first-order valence-electron chi connectivity index (χ1n) is 5.96. The Bertz CT molecular complexity index is 621. The molecule has 1 aromatic heterocycles. The number of nitrogens with zero attached hydrogens (tertiary/aromatic N) is 1. The third-order valence-corrected chi connectivity index (χ3v) is 2.92. The van der Waals surface area contributed by atoms with Crippen LogP contribution in [0.2, 0.25) is 0 Å². The SMILES string of the molecule is COc1ccc(-c2cnc(CC#CO)cc2C)cc1. The fourth-order valence-electron chi connectivity index (χ4n) is 1.91. The minimum Gasteiger partial charge on any atom is -0.497 e. The van der Waals surface area contributed by atoms with Crippen LogP contribution in [0.5, 0.6) is 5.75 Å². The molecule has 0 aliphatic carbocycles. The van der Waals surface area contributed by atoms with E-state index in [2.05, 4.69) is 10.9 Å². The van der Waals surface area contributed by atoms with Gasteiger partial charge in [0.15, 0.2) is 0 Å². The molecule has 0 unspecified atom stereocenters. The Kier molecular flexibility index (Phi) is 4.04. The molecule has 0 atom stereocenters. The number of aliphatic hydroxyl groups excluding tert-OH is 1. The van der Waals surface area contributed by atoms with Gasteiger partial charge < -0.3 is 9.84 Å². The predicted molar refractivity (Wildman–Crippen MR) is 74.4 cm³/mol. The molecule has 0 fully saturated rings. The highest BCUT2D eigenvalue weighted by Crippen LogP contribution is 2.25. The number of methoxy groups -OCH3 is 1. The Labute approximate surface area is 112 Å². The summed E-state index contributed by atoms with van der Waals surface area (Å²) in [6, 6.07) is 9.87.